The summed E-state index contributed by atoms with van der Waals surface area (Å²) >= 11 is 11.6. The highest BCUT2D eigenvalue weighted by atomic mass is 35.5. The summed E-state index contributed by atoms with van der Waals surface area (Å²) in [6, 6.07) is 16.8. The van der Waals surface area contributed by atoms with Crippen LogP contribution in [0.4, 0.5) is 0 Å². The van der Waals surface area contributed by atoms with Crippen LogP contribution >= 0.6 is 23.2 Å². The number of rotatable bonds is 9. The number of carboxylic acids is 1. The minimum Gasteiger partial charge on any atom is -0.481 e. The quantitative estimate of drug-likeness (QED) is 0.326. The molecule has 3 fully saturated rings. The van der Waals surface area contributed by atoms with E-state index in [2.05, 4.69) is 4.72 Å². The minimum atomic E-state index is -1.08. The van der Waals surface area contributed by atoms with Gasteiger partial charge in [0.2, 0.25) is 5.91 Å². The van der Waals surface area contributed by atoms with Gasteiger partial charge in [-0.15, -0.1) is 0 Å². The molecule has 2 unspecified atom stereocenters. The van der Waals surface area contributed by atoms with Crippen molar-refractivity contribution < 1.29 is 18.9 Å². The van der Waals surface area contributed by atoms with Crippen LogP contribution in [0.3, 0.4) is 0 Å². The first kappa shape index (κ1) is 31.6. The molecule has 0 bridgehead atoms. The summed E-state index contributed by atoms with van der Waals surface area (Å²) in [6.45, 7) is 4.49. The van der Waals surface area contributed by atoms with E-state index < -0.39 is 22.9 Å². The number of aliphatic carboxylic acids is 1. The fraction of sp³-hybridized carbons (Fsp3) is 0.533. The first-order valence-electron chi connectivity index (χ1n) is 14.0. The molecule has 2 aromatic carbocycles. The molecule has 5 rings (SSSR count). The summed E-state index contributed by atoms with van der Waals surface area (Å²) in [5.41, 5.74) is 1.02. The average Bonchev–Trinajstić information content (AvgIpc) is 3.73. The van der Waals surface area contributed by atoms with Crippen LogP contribution in [0.1, 0.15) is 76.8 Å². The molecule has 0 radical (unpaired) electrons. The van der Waals surface area contributed by atoms with Gasteiger partial charge in [-0.25, -0.2) is 8.93 Å². The predicted molar refractivity (Wildman–Crippen MR) is 159 cm³/mol. The van der Waals surface area contributed by atoms with Crippen molar-refractivity contribution in [2.75, 3.05) is 6.54 Å². The molecule has 2 N–H and O–H groups in total. The molecule has 1 saturated heterocycles. The first-order chi connectivity index (χ1) is 18.8. The zero-order chi connectivity index (χ0) is 28.4. The normalized spacial score (nSPS) is 22.4. The van der Waals surface area contributed by atoms with E-state index in [4.69, 9.17) is 23.2 Å². The molecule has 1 amide bonds. The molecule has 3 aliphatic rings. The Morgan fingerprint density at radius 1 is 0.974 bits per heavy atom. The van der Waals surface area contributed by atoms with Crippen molar-refractivity contribution in [3.63, 3.8) is 0 Å². The lowest BCUT2D eigenvalue weighted by molar-refractivity contribution is -0.151. The van der Waals surface area contributed by atoms with E-state index in [0.29, 0.717) is 23.9 Å². The van der Waals surface area contributed by atoms with Gasteiger partial charge in [-0.05, 0) is 74.3 Å². The minimum absolute atomic E-state index is 0.0706. The van der Waals surface area contributed by atoms with Gasteiger partial charge in [0, 0.05) is 33.8 Å². The molecule has 4 atom stereocenters. The summed E-state index contributed by atoms with van der Waals surface area (Å²) in [7, 11) is -1.08. The Kier molecular flexibility index (Phi) is 12.8. The maximum Gasteiger partial charge on any atom is 0.304 e. The van der Waals surface area contributed by atoms with Crippen LogP contribution in [0.2, 0.25) is 10.0 Å². The summed E-state index contributed by atoms with van der Waals surface area (Å²) in [6.07, 6.45) is 6.35. The van der Waals surface area contributed by atoms with Crippen LogP contribution < -0.4 is 4.72 Å². The monoisotopic (exact) mass is 594 g/mol. The van der Waals surface area contributed by atoms with Crippen molar-refractivity contribution in [2.45, 2.75) is 82.5 Å². The van der Waals surface area contributed by atoms with Gasteiger partial charge < -0.3 is 10.0 Å². The van der Waals surface area contributed by atoms with Crippen molar-refractivity contribution in [3.05, 3.63) is 70.2 Å². The van der Waals surface area contributed by atoms with Crippen molar-refractivity contribution in [2.24, 2.45) is 11.8 Å². The number of nitrogens with zero attached hydrogens (tertiary/aromatic N) is 1. The number of carbonyl (C=O) groups is 2. The molecule has 6 nitrogen and oxygen atoms in total. The maximum absolute atomic E-state index is 13.5. The van der Waals surface area contributed by atoms with Crippen LogP contribution in [0.15, 0.2) is 54.6 Å². The Bertz CT molecular complexity index is 1080. The molecule has 0 spiro atoms. The average molecular weight is 596 g/mol. The molecule has 2 saturated carbocycles. The zero-order valence-electron chi connectivity index (χ0n) is 22.7. The van der Waals surface area contributed by atoms with Crippen molar-refractivity contribution in [1.29, 1.82) is 0 Å². The molecular weight excluding hydrogens is 555 g/mol. The van der Waals surface area contributed by atoms with E-state index in [1.165, 1.54) is 0 Å². The Balaban J connectivity index is 0.000000401. The van der Waals surface area contributed by atoms with Crippen molar-refractivity contribution in [3.8, 4) is 0 Å². The van der Waals surface area contributed by atoms with Gasteiger partial charge in [-0.1, -0.05) is 73.8 Å². The number of carbonyl (C=O) groups excluding carboxylic acids is 1. The zero-order valence-corrected chi connectivity index (χ0v) is 25.1. The summed E-state index contributed by atoms with van der Waals surface area (Å²) in [5, 5.41) is 10.9. The number of piperidine rings is 1. The van der Waals surface area contributed by atoms with Gasteiger partial charge in [0.05, 0.1) is 23.4 Å². The first-order valence-corrected chi connectivity index (χ1v) is 15.9. The Morgan fingerprint density at radius 2 is 1.59 bits per heavy atom. The van der Waals surface area contributed by atoms with Crippen molar-refractivity contribution >= 4 is 46.1 Å². The third-order valence-electron chi connectivity index (χ3n) is 7.45. The number of halogens is 2. The predicted octanol–water partition coefficient (Wildman–Crippen LogP) is 7.05. The van der Waals surface area contributed by atoms with Gasteiger partial charge in [0.15, 0.2) is 0 Å². The lowest BCUT2D eigenvalue weighted by Gasteiger charge is -2.44. The van der Waals surface area contributed by atoms with Gasteiger partial charge in [0.25, 0.3) is 0 Å². The molecule has 39 heavy (non-hydrogen) atoms. The van der Waals surface area contributed by atoms with Crippen LogP contribution in [0.5, 0.6) is 0 Å². The van der Waals surface area contributed by atoms with Gasteiger partial charge in [-0.2, -0.15) is 0 Å². The SMILES string of the molecule is CC.Clc1ccccc1.O=C(O)C[C@H]1CC[C@@H](c2ccc(Cl)cc2)N(C(CNS(=O)C2CCC2)C2CC2)C1=O. The summed E-state index contributed by atoms with van der Waals surface area (Å²) < 4.78 is 15.7. The number of hydrogen-bond donors (Lipinski definition) is 2. The number of likely N-dealkylation sites (tertiary alicyclic amines) is 1. The Hall–Kier alpha value is -1.93. The van der Waals surface area contributed by atoms with Crippen molar-refractivity contribution in [1.82, 2.24) is 9.62 Å². The number of carboxylic acid groups (broad SMARTS) is 1. The summed E-state index contributed by atoms with van der Waals surface area (Å²) in [4.78, 5) is 26.7. The highest BCUT2D eigenvalue weighted by Crippen LogP contribution is 2.43. The molecule has 214 valence electrons. The number of hydrogen-bond acceptors (Lipinski definition) is 3. The molecule has 9 heteroatoms. The number of nitrogens with one attached hydrogen (secondary N) is 1. The molecule has 1 heterocycles. The number of amides is 1. The van der Waals surface area contributed by atoms with Gasteiger partial charge >= 0.3 is 5.97 Å². The standard InChI is InChI=1S/C22H29ClN2O4S.C6H5Cl.C2H6/c23-17-9-6-14(7-10-17)19-11-8-16(12-21(26)27)22(28)25(19)20(15-4-5-15)13-24-30(29)18-2-1-3-18;7-6-4-2-1-3-5-6;1-2/h6-7,9-10,15-16,18-20,24H,1-5,8,11-13H2,(H,26,27);1-5H;1-2H3/t16-,19+,20?,30?;;/m1../s1. The smallest absolute Gasteiger partial charge is 0.304 e. The number of benzene rings is 2. The third kappa shape index (κ3) is 9.31. The maximum atomic E-state index is 13.5. The van der Waals surface area contributed by atoms with Gasteiger partial charge in [-0.3, -0.25) is 9.59 Å². The second-order valence-electron chi connectivity index (χ2n) is 10.1. The second-order valence-corrected chi connectivity index (χ2v) is 12.5. The van der Waals surface area contributed by atoms with E-state index in [-0.39, 0.29) is 29.7 Å². The lowest BCUT2D eigenvalue weighted by atomic mass is 9.84. The largest absolute Gasteiger partial charge is 0.481 e. The lowest BCUT2D eigenvalue weighted by Crippen LogP contribution is -2.54. The van der Waals surface area contributed by atoms with Crippen LogP contribution in [0, 0.1) is 11.8 Å². The van der Waals surface area contributed by atoms with E-state index in [1.807, 2.05) is 73.3 Å². The van der Waals surface area contributed by atoms with E-state index in [0.717, 1.165) is 49.1 Å². The highest BCUT2D eigenvalue weighted by Gasteiger charge is 2.45. The third-order valence-corrected chi connectivity index (χ3v) is 9.48. The molecule has 2 aliphatic carbocycles. The molecule has 2 aromatic rings. The van der Waals surface area contributed by atoms with Crippen LogP contribution in [0.25, 0.3) is 0 Å². The van der Waals surface area contributed by atoms with Crippen LogP contribution in [-0.4, -0.2) is 43.9 Å². The van der Waals surface area contributed by atoms with E-state index in [1.54, 1.807) is 0 Å². The van der Waals surface area contributed by atoms with Gasteiger partial charge in [0.1, 0.15) is 0 Å². The highest BCUT2D eigenvalue weighted by molar-refractivity contribution is 7.83. The fourth-order valence-corrected chi connectivity index (χ4v) is 6.65. The molecular formula is C30H40Cl2N2O4S. The topological polar surface area (TPSA) is 86.7 Å². The molecule has 1 aliphatic heterocycles. The molecule has 0 aromatic heterocycles. The Morgan fingerprint density at radius 3 is 2.08 bits per heavy atom. The van der Waals surface area contributed by atoms with Crippen LogP contribution in [-0.2, 0) is 20.6 Å². The van der Waals surface area contributed by atoms with E-state index >= 15 is 0 Å². The fourth-order valence-electron chi connectivity index (χ4n) is 5.05. The Labute approximate surface area is 245 Å². The van der Waals surface area contributed by atoms with E-state index in [9.17, 15) is 18.9 Å². The summed E-state index contributed by atoms with van der Waals surface area (Å²) in [5.74, 6) is -1.15. The second kappa shape index (κ2) is 15.8.